The molecule has 0 bridgehead atoms. The predicted octanol–water partition coefficient (Wildman–Crippen LogP) is 2.76. The Labute approximate surface area is 132 Å². The number of rotatable bonds is 4. The van der Waals surface area contributed by atoms with Crippen LogP contribution in [0.4, 0.5) is 0 Å². The maximum Gasteiger partial charge on any atom is 0.254 e. The van der Waals surface area contributed by atoms with Gasteiger partial charge in [0.25, 0.3) is 5.91 Å². The quantitative estimate of drug-likeness (QED) is 0.929. The average Bonchev–Trinajstić information content (AvgIpc) is 2.54. The van der Waals surface area contributed by atoms with Crippen molar-refractivity contribution in [3.63, 3.8) is 0 Å². The standard InChI is InChI=1S/C18H26N2O2/c1-4-14(3)19-17(21)15-9-11-20(12-10-15)18(22)16-8-6-5-7-13(16)2/h5-8,14-15H,4,9-12H2,1-3H3,(H,19,21)/t14-/m0/s1. The largest absolute Gasteiger partial charge is 0.353 e. The number of carbonyl (C=O) groups excluding carboxylic acids is 2. The highest BCUT2D eigenvalue weighted by atomic mass is 16.2. The summed E-state index contributed by atoms with van der Waals surface area (Å²) in [5, 5.41) is 3.04. The minimum atomic E-state index is 0.0370. The average molecular weight is 302 g/mol. The third-order valence-corrected chi connectivity index (χ3v) is 4.53. The van der Waals surface area contributed by atoms with Gasteiger partial charge >= 0.3 is 0 Å². The molecule has 1 aliphatic heterocycles. The Bertz CT molecular complexity index is 534. The summed E-state index contributed by atoms with van der Waals surface area (Å²) in [7, 11) is 0. The molecule has 4 nitrogen and oxygen atoms in total. The van der Waals surface area contributed by atoms with Crippen molar-refractivity contribution in [2.24, 2.45) is 5.92 Å². The molecule has 1 fully saturated rings. The van der Waals surface area contributed by atoms with E-state index in [1.165, 1.54) is 0 Å². The van der Waals surface area contributed by atoms with Gasteiger partial charge in [-0.15, -0.1) is 0 Å². The molecule has 120 valence electrons. The Morgan fingerprint density at radius 1 is 1.27 bits per heavy atom. The first-order chi connectivity index (χ1) is 10.5. The third-order valence-electron chi connectivity index (χ3n) is 4.53. The second kappa shape index (κ2) is 7.43. The topological polar surface area (TPSA) is 49.4 Å². The minimum Gasteiger partial charge on any atom is -0.353 e. The molecule has 0 radical (unpaired) electrons. The molecular weight excluding hydrogens is 276 g/mol. The normalized spacial score (nSPS) is 17.1. The lowest BCUT2D eigenvalue weighted by molar-refractivity contribution is -0.126. The molecule has 1 aliphatic rings. The lowest BCUT2D eigenvalue weighted by Crippen LogP contribution is -2.44. The van der Waals surface area contributed by atoms with Crippen molar-refractivity contribution in [2.75, 3.05) is 13.1 Å². The van der Waals surface area contributed by atoms with Crippen molar-refractivity contribution in [2.45, 2.75) is 46.1 Å². The van der Waals surface area contributed by atoms with Crippen LogP contribution in [0.3, 0.4) is 0 Å². The smallest absolute Gasteiger partial charge is 0.254 e. The summed E-state index contributed by atoms with van der Waals surface area (Å²) < 4.78 is 0. The van der Waals surface area contributed by atoms with Crippen LogP contribution >= 0.6 is 0 Å². The van der Waals surface area contributed by atoms with E-state index in [0.29, 0.717) is 13.1 Å². The van der Waals surface area contributed by atoms with E-state index in [0.717, 1.165) is 30.4 Å². The molecule has 22 heavy (non-hydrogen) atoms. The molecule has 2 rings (SSSR count). The van der Waals surface area contributed by atoms with Gasteiger partial charge in [0.15, 0.2) is 0 Å². The summed E-state index contributed by atoms with van der Waals surface area (Å²) in [6.07, 6.45) is 2.44. The lowest BCUT2D eigenvalue weighted by atomic mass is 9.94. The Kier molecular flexibility index (Phi) is 5.58. The molecule has 1 heterocycles. The number of hydrogen-bond acceptors (Lipinski definition) is 2. The fourth-order valence-electron chi connectivity index (χ4n) is 2.79. The van der Waals surface area contributed by atoms with Crippen LogP contribution in [0.1, 0.15) is 49.0 Å². The first kappa shape index (κ1) is 16.5. The number of hydrogen-bond donors (Lipinski definition) is 1. The van der Waals surface area contributed by atoms with Gasteiger partial charge in [-0.25, -0.2) is 0 Å². The van der Waals surface area contributed by atoms with Crippen LogP contribution in [0.5, 0.6) is 0 Å². The van der Waals surface area contributed by atoms with Gasteiger partial charge < -0.3 is 10.2 Å². The summed E-state index contributed by atoms with van der Waals surface area (Å²) in [6, 6.07) is 7.89. The molecule has 0 unspecified atom stereocenters. The molecular formula is C18H26N2O2. The number of aryl methyl sites for hydroxylation is 1. The van der Waals surface area contributed by atoms with Crippen LogP contribution in [0.2, 0.25) is 0 Å². The van der Waals surface area contributed by atoms with E-state index in [9.17, 15) is 9.59 Å². The van der Waals surface area contributed by atoms with E-state index in [2.05, 4.69) is 12.2 Å². The zero-order valence-electron chi connectivity index (χ0n) is 13.8. The highest BCUT2D eigenvalue weighted by molar-refractivity contribution is 5.95. The van der Waals surface area contributed by atoms with E-state index in [4.69, 9.17) is 0 Å². The first-order valence-electron chi connectivity index (χ1n) is 8.18. The van der Waals surface area contributed by atoms with Crippen molar-refractivity contribution < 1.29 is 9.59 Å². The number of carbonyl (C=O) groups is 2. The van der Waals surface area contributed by atoms with Crippen molar-refractivity contribution in [3.8, 4) is 0 Å². The fourth-order valence-corrected chi connectivity index (χ4v) is 2.79. The zero-order chi connectivity index (χ0) is 16.1. The number of nitrogens with one attached hydrogen (secondary N) is 1. The maximum absolute atomic E-state index is 12.5. The van der Waals surface area contributed by atoms with Crippen LogP contribution in [0.15, 0.2) is 24.3 Å². The van der Waals surface area contributed by atoms with Gasteiger partial charge in [-0.3, -0.25) is 9.59 Å². The van der Waals surface area contributed by atoms with Crippen LogP contribution in [-0.4, -0.2) is 35.8 Å². The summed E-state index contributed by atoms with van der Waals surface area (Å²) in [6.45, 7) is 7.36. The Balaban J connectivity index is 1.91. The van der Waals surface area contributed by atoms with E-state index in [-0.39, 0.29) is 23.8 Å². The second-order valence-electron chi connectivity index (χ2n) is 6.20. The summed E-state index contributed by atoms with van der Waals surface area (Å²) in [5.74, 6) is 0.256. The molecule has 1 aromatic rings. The maximum atomic E-state index is 12.5. The molecule has 0 spiro atoms. The van der Waals surface area contributed by atoms with Gasteiger partial charge in [-0.05, 0) is 44.7 Å². The highest BCUT2D eigenvalue weighted by Gasteiger charge is 2.28. The van der Waals surface area contributed by atoms with Crippen LogP contribution < -0.4 is 5.32 Å². The van der Waals surface area contributed by atoms with Crippen molar-refractivity contribution in [1.82, 2.24) is 10.2 Å². The number of likely N-dealkylation sites (tertiary alicyclic amines) is 1. The Morgan fingerprint density at radius 3 is 2.50 bits per heavy atom. The number of amides is 2. The molecule has 0 aromatic heterocycles. The van der Waals surface area contributed by atoms with Gasteiger partial charge in [-0.1, -0.05) is 25.1 Å². The molecule has 4 heteroatoms. The van der Waals surface area contributed by atoms with Crippen molar-refractivity contribution in [1.29, 1.82) is 0 Å². The summed E-state index contributed by atoms with van der Waals surface area (Å²) in [5.41, 5.74) is 1.77. The SMILES string of the molecule is CC[C@H](C)NC(=O)C1CCN(C(=O)c2ccccc2C)CC1. The van der Waals surface area contributed by atoms with Gasteiger partial charge in [-0.2, -0.15) is 0 Å². The first-order valence-corrected chi connectivity index (χ1v) is 8.18. The molecule has 0 saturated carbocycles. The van der Waals surface area contributed by atoms with Crippen LogP contribution in [0.25, 0.3) is 0 Å². The molecule has 1 atom stereocenters. The molecule has 0 aliphatic carbocycles. The Morgan fingerprint density at radius 2 is 1.91 bits per heavy atom. The lowest BCUT2D eigenvalue weighted by Gasteiger charge is -2.32. The minimum absolute atomic E-state index is 0.0370. The third kappa shape index (κ3) is 3.87. The van der Waals surface area contributed by atoms with Gasteiger partial charge in [0.1, 0.15) is 0 Å². The monoisotopic (exact) mass is 302 g/mol. The van der Waals surface area contributed by atoms with E-state index in [1.54, 1.807) is 0 Å². The number of piperidine rings is 1. The molecule has 1 aromatic carbocycles. The van der Waals surface area contributed by atoms with Gasteiger partial charge in [0.2, 0.25) is 5.91 Å². The summed E-state index contributed by atoms with van der Waals surface area (Å²) in [4.78, 5) is 26.6. The Hall–Kier alpha value is -1.84. The fraction of sp³-hybridized carbons (Fsp3) is 0.556. The predicted molar refractivity (Wildman–Crippen MR) is 87.7 cm³/mol. The van der Waals surface area contributed by atoms with Crippen LogP contribution in [0, 0.1) is 12.8 Å². The molecule has 2 amide bonds. The van der Waals surface area contributed by atoms with Gasteiger partial charge in [0.05, 0.1) is 0 Å². The second-order valence-corrected chi connectivity index (χ2v) is 6.20. The molecule has 1 saturated heterocycles. The van der Waals surface area contributed by atoms with E-state index < -0.39 is 0 Å². The van der Waals surface area contributed by atoms with Crippen LogP contribution in [-0.2, 0) is 4.79 Å². The van der Waals surface area contributed by atoms with Gasteiger partial charge in [0, 0.05) is 30.6 Å². The van der Waals surface area contributed by atoms with Crippen molar-refractivity contribution >= 4 is 11.8 Å². The molecule has 1 N–H and O–H groups in total. The zero-order valence-corrected chi connectivity index (χ0v) is 13.8. The number of benzene rings is 1. The highest BCUT2D eigenvalue weighted by Crippen LogP contribution is 2.20. The van der Waals surface area contributed by atoms with E-state index >= 15 is 0 Å². The van der Waals surface area contributed by atoms with E-state index in [1.807, 2.05) is 43.0 Å². The summed E-state index contributed by atoms with van der Waals surface area (Å²) >= 11 is 0. The van der Waals surface area contributed by atoms with Crippen molar-refractivity contribution in [3.05, 3.63) is 35.4 Å². The number of nitrogens with zero attached hydrogens (tertiary/aromatic N) is 1.